The van der Waals surface area contributed by atoms with Crippen molar-refractivity contribution in [2.75, 3.05) is 0 Å². The van der Waals surface area contributed by atoms with Gasteiger partial charge in [-0.25, -0.2) is 9.97 Å². The second-order valence-corrected chi connectivity index (χ2v) is 3.80. The van der Waals surface area contributed by atoms with E-state index in [1.54, 1.807) is 12.4 Å². The smallest absolute Gasteiger partial charge is 0.178 e. The Hall–Kier alpha value is -2.30. The molecule has 0 amide bonds. The van der Waals surface area contributed by atoms with Gasteiger partial charge in [-0.05, 0) is 26.0 Å². The molecule has 3 aromatic rings. The normalized spacial score (nSPS) is 10.9. The van der Waals surface area contributed by atoms with Gasteiger partial charge in [-0.15, -0.1) is 0 Å². The van der Waals surface area contributed by atoms with Crippen LogP contribution in [-0.2, 0) is 0 Å². The predicted molar refractivity (Wildman–Crippen MR) is 62.3 cm³/mol. The summed E-state index contributed by atoms with van der Waals surface area (Å²) in [4.78, 5) is 13.0. The highest BCUT2D eigenvalue weighted by Gasteiger charge is 2.13. The van der Waals surface area contributed by atoms with Crippen molar-refractivity contribution in [1.29, 1.82) is 0 Å². The molecular weight excluding hydrogens is 216 g/mol. The number of rotatable bonds is 1. The molecule has 5 nitrogen and oxygen atoms in total. The second kappa shape index (κ2) is 3.62. The number of hydrogen-bond donors (Lipinski definition) is 0. The Labute approximate surface area is 97.5 Å². The molecule has 0 aliphatic carbocycles. The Balaban J connectivity index is 2.25. The first-order chi connectivity index (χ1) is 8.25. The summed E-state index contributed by atoms with van der Waals surface area (Å²) >= 11 is 0. The maximum atomic E-state index is 5.12. The van der Waals surface area contributed by atoms with Crippen LogP contribution in [0.25, 0.3) is 22.4 Å². The number of pyridine rings is 1. The number of nitrogens with zero attached hydrogens (tertiary/aromatic N) is 4. The third kappa shape index (κ3) is 1.56. The highest BCUT2D eigenvalue weighted by atomic mass is 16.5. The number of fused-ring (bicyclic) bond motifs is 1. The minimum atomic E-state index is 0.630. The molecule has 0 N–H and O–H groups in total. The predicted octanol–water partition coefficient (Wildman–Crippen LogP) is 2.30. The average Bonchev–Trinajstić information content (AvgIpc) is 2.68. The van der Waals surface area contributed by atoms with E-state index in [1.807, 2.05) is 26.0 Å². The van der Waals surface area contributed by atoms with Crippen molar-refractivity contribution in [2.45, 2.75) is 13.8 Å². The molecule has 0 saturated carbocycles. The molecule has 3 aromatic heterocycles. The Morgan fingerprint density at radius 3 is 2.82 bits per heavy atom. The third-order valence-electron chi connectivity index (χ3n) is 2.61. The van der Waals surface area contributed by atoms with Crippen molar-refractivity contribution in [1.82, 2.24) is 20.1 Å². The lowest BCUT2D eigenvalue weighted by molar-refractivity contribution is 0.393. The van der Waals surface area contributed by atoms with Gasteiger partial charge < -0.3 is 4.52 Å². The first-order valence-corrected chi connectivity index (χ1v) is 5.27. The standard InChI is InChI=1S/C12H10N4O/c1-7-11(8(2)17-16-7)10-6-14-9-4-3-5-13-12(9)15-10/h3-6H,1-2H3. The molecule has 0 spiro atoms. The van der Waals surface area contributed by atoms with Crippen LogP contribution < -0.4 is 0 Å². The second-order valence-electron chi connectivity index (χ2n) is 3.80. The van der Waals surface area contributed by atoms with Crippen LogP contribution in [0.1, 0.15) is 11.5 Å². The molecule has 0 atom stereocenters. The van der Waals surface area contributed by atoms with E-state index in [4.69, 9.17) is 4.52 Å². The molecule has 0 aliphatic rings. The maximum Gasteiger partial charge on any atom is 0.178 e. The van der Waals surface area contributed by atoms with Gasteiger partial charge >= 0.3 is 0 Å². The molecule has 84 valence electrons. The van der Waals surface area contributed by atoms with Crippen LogP contribution >= 0.6 is 0 Å². The SMILES string of the molecule is Cc1noc(C)c1-c1cnc2cccnc2n1. The molecular formula is C12H10N4O. The molecule has 0 unspecified atom stereocenters. The lowest BCUT2D eigenvalue weighted by Crippen LogP contribution is -1.92. The van der Waals surface area contributed by atoms with Crippen LogP contribution in [0.15, 0.2) is 29.0 Å². The van der Waals surface area contributed by atoms with E-state index in [1.165, 1.54) is 0 Å². The Kier molecular flexibility index (Phi) is 2.11. The summed E-state index contributed by atoms with van der Waals surface area (Å²) in [6.45, 7) is 3.75. The van der Waals surface area contributed by atoms with Gasteiger partial charge in [-0.2, -0.15) is 0 Å². The van der Waals surface area contributed by atoms with Gasteiger partial charge in [-0.3, -0.25) is 4.98 Å². The van der Waals surface area contributed by atoms with Gasteiger partial charge in [0.25, 0.3) is 0 Å². The quantitative estimate of drug-likeness (QED) is 0.637. The van der Waals surface area contributed by atoms with E-state index >= 15 is 0 Å². The highest BCUT2D eigenvalue weighted by molar-refractivity contribution is 5.74. The summed E-state index contributed by atoms with van der Waals surface area (Å²) in [5.41, 5.74) is 3.86. The zero-order chi connectivity index (χ0) is 11.8. The summed E-state index contributed by atoms with van der Waals surface area (Å²) in [6.07, 6.45) is 3.42. The molecule has 3 rings (SSSR count). The molecule has 3 heterocycles. The molecule has 0 bridgehead atoms. The van der Waals surface area contributed by atoms with Crippen molar-refractivity contribution in [3.63, 3.8) is 0 Å². The monoisotopic (exact) mass is 226 g/mol. The number of hydrogen-bond acceptors (Lipinski definition) is 5. The van der Waals surface area contributed by atoms with Crippen LogP contribution in [0.3, 0.4) is 0 Å². The fraction of sp³-hybridized carbons (Fsp3) is 0.167. The Bertz CT molecular complexity index is 670. The van der Waals surface area contributed by atoms with Gasteiger partial charge in [-0.1, -0.05) is 5.16 Å². The van der Waals surface area contributed by atoms with Crippen LogP contribution in [0.4, 0.5) is 0 Å². The fourth-order valence-corrected chi connectivity index (χ4v) is 1.82. The van der Waals surface area contributed by atoms with Crippen molar-refractivity contribution in [2.24, 2.45) is 0 Å². The molecule has 0 saturated heterocycles. The van der Waals surface area contributed by atoms with E-state index < -0.39 is 0 Å². The first-order valence-electron chi connectivity index (χ1n) is 5.27. The molecule has 5 heteroatoms. The van der Waals surface area contributed by atoms with Crippen LogP contribution in [0.5, 0.6) is 0 Å². The number of aryl methyl sites for hydroxylation is 2. The minimum absolute atomic E-state index is 0.630. The lowest BCUT2D eigenvalue weighted by atomic mass is 10.1. The van der Waals surface area contributed by atoms with Crippen molar-refractivity contribution >= 4 is 11.2 Å². The zero-order valence-corrected chi connectivity index (χ0v) is 9.51. The maximum absolute atomic E-state index is 5.12. The lowest BCUT2D eigenvalue weighted by Gasteiger charge is -2.00. The third-order valence-corrected chi connectivity index (χ3v) is 2.61. The van der Waals surface area contributed by atoms with E-state index in [2.05, 4.69) is 20.1 Å². The van der Waals surface area contributed by atoms with Gasteiger partial charge in [0.05, 0.1) is 23.1 Å². The summed E-state index contributed by atoms with van der Waals surface area (Å²) < 4.78 is 5.12. The summed E-state index contributed by atoms with van der Waals surface area (Å²) in [5.74, 6) is 0.743. The summed E-state index contributed by atoms with van der Waals surface area (Å²) in [6, 6.07) is 3.72. The van der Waals surface area contributed by atoms with Crippen LogP contribution in [0.2, 0.25) is 0 Å². The largest absolute Gasteiger partial charge is 0.361 e. The van der Waals surface area contributed by atoms with Crippen molar-refractivity contribution < 1.29 is 4.52 Å². The van der Waals surface area contributed by atoms with Crippen molar-refractivity contribution in [3.8, 4) is 11.3 Å². The molecule has 0 aliphatic heterocycles. The topological polar surface area (TPSA) is 64.7 Å². The fourth-order valence-electron chi connectivity index (χ4n) is 1.82. The minimum Gasteiger partial charge on any atom is -0.361 e. The summed E-state index contributed by atoms with van der Waals surface area (Å²) in [5, 5.41) is 3.91. The molecule has 0 fully saturated rings. The molecule has 0 aromatic carbocycles. The summed E-state index contributed by atoms with van der Waals surface area (Å²) in [7, 11) is 0. The van der Waals surface area contributed by atoms with Gasteiger partial charge in [0, 0.05) is 6.20 Å². The van der Waals surface area contributed by atoms with Gasteiger partial charge in [0.1, 0.15) is 11.3 Å². The van der Waals surface area contributed by atoms with Crippen LogP contribution in [0, 0.1) is 13.8 Å². The Morgan fingerprint density at radius 2 is 2.06 bits per heavy atom. The van der Waals surface area contributed by atoms with Crippen molar-refractivity contribution in [3.05, 3.63) is 36.0 Å². The number of aromatic nitrogens is 4. The zero-order valence-electron chi connectivity index (χ0n) is 9.51. The van der Waals surface area contributed by atoms with E-state index in [9.17, 15) is 0 Å². The first kappa shape index (κ1) is 9.89. The molecule has 17 heavy (non-hydrogen) atoms. The van der Waals surface area contributed by atoms with Gasteiger partial charge in [0.15, 0.2) is 5.65 Å². The van der Waals surface area contributed by atoms with Gasteiger partial charge in [0.2, 0.25) is 0 Å². The molecule has 0 radical (unpaired) electrons. The van der Waals surface area contributed by atoms with E-state index in [-0.39, 0.29) is 0 Å². The average molecular weight is 226 g/mol. The Morgan fingerprint density at radius 1 is 1.18 bits per heavy atom. The van der Waals surface area contributed by atoms with Crippen LogP contribution in [-0.4, -0.2) is 20.1 Å². The van der Waals surface area contributed by atoms with E-state index in [0.717, 1.165) is 28.2 Å². The highest BCUT2D eigenvalue weighted by Crippen LogP contribution is 2.25. The van der Waals surface area contributed by atoms with E-state index in [0.29, 0.717) is 5.65 Å².